The van der Waals surface area contributed by atoms with Crippen LogP contribution in [-0.2, 0) is 4.79 Å². The van der Waals surface area contributed by atoms with Gasteiger partial charge in [-0.05, 0) is 40.8 Å². The van der Waals surface area contributed by atoms with Crippen LogP contribution in [0.3, 0.4) is 0 Å². The van der Waals surface area contributed by atoms with Crippen molar-refractivity contribution < 1.29 is 4.79 Å². The van der Waals surface area contributed by atoms with Gasteiger partial charge in [0.15, 0.2) is 5.78 Å². The van der Waals surface area contributed by atoms with Gasteiger partial charge in [0, 0.05) is 6.42 Å². The minimum Gasteiger partial charge on any atom is -0.295 e. The van der Waals surface area contributed by atoms with Gasteiger partial charge in [-0.2, -0.15) is 0 Å². The zero-order valence-corrected chi connectivity index (χ0v) is 9.65. The SMILES string of the molecule is O=C1CCC/C1=C\c1cccc2ccccc12. The van der Waals surface area contributed by atoms with Crippen molar-refractivity contribution in [2.75, 3.05) is 0 Å². The molecule has 0 saturated heterocycles. The van der Waals surface area contributed by atoms with E-state index >= 15 is 0 Å². The van der Waals surface area contributed by atoms with Crippen molar-refractivity contribution in [3.8, 4) is 0 Å². The Kier molecular flexibility index (Phi) is 2.52. The first-order valence-electron chi connectivity index (χ1n) is 6.06. The highest BCUT2D eigenvalue weighted by Crippen LogP contribution is 2.26. The number of ketones is 1. The first-order chi connectivity index (χ1) is 8.34. The number of hydrogen-bond acceptors (Lipinski definition) is 1. The number of benzene rings is 2. The van der Waals surface area contributed by atoms with E-state index in [0.29, 0.717) is 5.78 Å². The molecule has 1 saturated carbocycles. The smallest absolute Gasteiger partial charge is 0.158 e. The highest BCUT2D eigenvalue weighted by molar-refractivity contribution is 6.03. The fourth-order valence-electron chi connectivity index (χ4n) is 2.46. The average Bonchev–Trinajstić information content (AvgIpc) is 2.76. The Hall–Kier alpha value is -1.89. The molecule has 1 heteroatoms. The van der Waals surface area contributed by atoms with Crippen LogP contribution in [0.15, 0.2) is 48.0 Å². The van der Waals surface area contributed by atoms with Gasteiger partial charge in [0.1, 0.15) is 0 Å². The Balaban J connectivity index is 2.15. The van der Waals surface area contributed by atoms with Crippen molar-refractivity contribution in [2.24, 2.45) is 0 Å². The van der Waals surface area contributed by atoms with Crippen LogP contribution >= 0.6 is 0 Å². The Bertz CT molecular complexity index is 602. The molecule has 0 bridgehead atoms. The largest absolute Gasteiger partial charge is 0.295 e. The van der Waals surface area contributed by atoms with Gasteiger partial charge in [0.25, 0.3) is 0 Å². The Morgan fingerprint density at radius 1 is 0.941 bits per heavy atom. The maximum absolute atomic E-state index is 11.6. The van der Waals surface area contributed by atoms with Crippen LogP contribution in [0.4, 0.5) is 0 Å². The summed E-state index contributed by atoms with van der Waals surface area (Å²) in [6.45, 7) is 0. The van der Waals surface area contributed by atoms with Crippen LogP contribution in [0.2, 0.25) is 0 Å². The summed E-state index contributed by atoms with van der Waals surface area (Å²) in [4.78, 5) is 11.6. The van der Waals surface area contributed by atoms with Crippen molar-refractivity contribution in [3.05, 3.63) is 53.6 Å². The quantitative estimate of drug-likeness (QED) is 0.667. The second kappa shape index (κ2) is 4.17. The molecule has 2 aromatic rings. The summed E-state index contributed by atoms with van der Waals surface area (Å²) in [5, 5.41) is 2.45. The van der Waals surface area contributed by atoms with E-state index in [-0.39, 0.29) is 0 Å². The number of carbonyl (C=O) groups excluding carboxylic acids is 1. The number of rotatable bonds is 1. The topological polar surface area (TPSA) is 17.1 Å². The van der Waals surface area contributed by atoms with Crippen molar-refractivity contribution in [1.29, 1.82) is 0 Å². The molecular formula is C16H14O. The fourth-order valence-corrected chi connectivity index (χ4v) is 2.46. The molecule has 0 unspecified atom stereocenters. The molecule has 0 N–H and O–H groups in total. The zero-order valence-electron chi connectivity index (χ0n) is 9.65. The molecule has 2 aromatic carbocycles. The highest BCUT2D eigenvalue weighted by atomic mass is 16.1. The standard InChI is InChI=1S/C16H14O/c17-16-10-4-8-14(16)11-13-7-3-6-12-5-1-2-9-15(12)13/h1-3,5-7,9,11H,4,8,10H2/b14-11+. The molecule has 0 heterocycles. The lowest BCUT2D eigenvalue weighted by molar-refractivity contribution is -0.114. The molecule has 1 aliphatic carbocycles. The van der Waals surface area contributed by atoms with E-state index in [0.717, 1.165) is 30.4 Å². The Morgan fingerprint density at radius 3 is 2.59 bits per heavy atom. The van der Waals surface area contributed by atoms with E-state index in [9.17, 15) is 4.79 Å². The Labute approximate surface area is 101 Å². The third-order valence-electron chi connectivity index (χ3n) is 3.36. The minimum absolute atomic E-state index is 0.318. The molecule has 0 spiro atoms. The maximum atomic E-state index is 11.6. The number of fused-ring (bicyclic) bond motifs is 1. The molecule has 0 atom stereocenters. The van der Waals surface area contributed by atoms with Crippen LogP contribution in [-0.4, -0.2) is 5.78 Å². The average molecular weight is 222 g/mol. The summed E-state index contributed by atoms with van der Waals surface area (Å²) < 4.78 is 0. The van der Waals surface area contributed by atoms with Crippen molar-refractivity contribution in [1.82, 2.24) is 0 Å². The molecule has 1 aliphatic rings. The van der Waals surface area contributed by atoms with E-state index in [4.69, 9.17) is 0 Å². The Morgan fingerprint density at radius 2 is 1.76 bits per heavy atom. The highest BCUT2D eigenvalue weighted by Gasteiger charge is 2.16. The van der Waals surface area contributed by atoms with E-state index in [1.54, 1.807) is 0 Å². The summed E-state index contributed by atoms with van der Waals surface area (Å²) >= 11 is 0. The number of carbonyl (C=O) groups is 1. The van der Waals surface area contributed by atoms with Gasteiger partial charge in [-0.25, -0.2) is 0 Å². The van der Waals surface area contributed by atoms with Crippen LogP contribution in [0.25, 0.3) is 16.8 Å². The minimum atomic E-state index is 0.318. The maximum Gasteiger partial charge on any atom is 0.158 e. The molecule has 1 fully saturated rings. The normalized spacial score (nSPS) is 18.1. The molecule has 1 nitrogen and oxygen atoms in total. The first kappa shape index (κ1) is 10.3. The second-order valence-electron chi connectivity index (χ2n) is 4.51. The predicted octanol–water partition coefficient (Wildman–Crippen LogP) is 3.98. The van der Waals surface area contributed by atoms with Gasteiger partial charge in [-0.1, -0.05) is 42.5 Å². The second-order valence-corrected chi connectivity index (χ2v) is 4.51. The molecule has 3 rings (SSSR count). The summed E-state index contributed by atoms with van der Waals surface area (Å²) in [5.74, 6) is 0.318. The van der Waals surface area contributed by atoms with Gasteiger partial charge < -0.3 is 0 Å². The summed E-state index contributed by atoms with van der Waals surface area (Å²) in [7, 11) is 0. The van der Waals surface area contributed by atoms with Crippen LogP contribution in [0, 0.1) is 0 Å². The number of Topliss-reactive ketones (excluding diaryl/α,β-unsaturated/α-hetero) is 1. The molecule has 0 aliphatic heterocycles. The van der Waals surface area contributed by atoms with Crippen molar-refractivity contribution in [2.45, 2.75) is 19.3 Å². The van der Waals surface area contributed by atoms with Gasteiger partial charge in [0.2, 0.25) is 0 Å². The lowest BCUT2D eigenvalue weighted by atomic mass is 10.0. The number of allylic oxidation sites excluding steroid dienone is 1. The van der Waals surface area contributed by atoms with E-state index in [2.05, 4.69) is 30.3 Å². The predicted molar refractivity (Wildman–Crippen MR) is 70.8 cm³/mol. The van der Waals surface area contributed by atoms with Gasteiger partial charge >= 0.3 is 0 Å². The lowest BCUT2D eigenvalue weighted by Gasteiger charge is -2.03. The van der Waals surface area contributed by atoms with Gasteiger partial charge in [-0.3, -0.25) is 4.79 Å². The third kappa shape index (κ3) is 1.89. The fraction of sp³-hybridized carbons (Fsp3) is 0.188. The van der Waals surface area contributed by atoms with Crippen LogP contribution in [0.1, 0.15) is 24.8 Å². The molecule has 0 radical (unpaired) electrons. The van der Waals surface area contributed by atoms with E-state index < -0.39 is 0 Å². The molecule has 0 amide bonds. The van der Waals surface area contributed by atoms with Crippen LogP contribution < -0.4 is 0 Å². The van der Waals surface area contributed by atoms with Gasteiger partial charge in [0.05, 0.1) is 0 Å². The molecule has 84 valence electrons. The van der Waals surface area contributed by atoms with Crippen molar-refractivity contribution in [3.63, 3.8) is 0 Å². The zero-order chi connectivity index (χ0) is 11.7. The molecule has 0 aromatic heterocycles. The monoisotopic (exact) mass is 222 g/mol. The van der Waals surface area contributed by atoms with E-state index in [1.165, 1.54) is 10.8 Å². The third-order valence-corrected chi connectivity index (χ3v) is 3.36. The van der Waals surface area contributed by atoms with Crippen molar-refractivity contribution >= 4 is 22.6 Å². The summed E-state index contributed by atoms with van der Waals surface area (Å²) in [6.07, 6.45) is 4.73. The van der Waals surface area contributed by atoms with Crippen LogP contribution in [0.5, 0.6) is 0 Å². The molecular weight excluding hydrogens is 208 g/mol. The van der Waals surface area contributed by atoms with Gasteiger partial charge in [-0.15, -0.1) is 0 Å². The number of hydrogen-bond donors (Lipinski definition) is 0. The summed E-state index contributed by atoms with van der Waals surface area (Å²) in [5.41, 5.74) is 2.15. The van der Waals surface area contributed by atoms with E-state index in [1.807, 2.05) is 18.2 Å². The first-order valence-corrected chi connectivity index (χ1v) is 6.06. The summed E-state index contributed by atoms with van der Waals surface area (Å²) in [6, 6.07) is 14.5. The lowest BCUT2D eigenvalue weighted by Crippen LogP contribution is -1.91. The molecule has 17 heavy (non-hydrogen) atoms.